The Kier molecular flexibility index (Phi) is 2.02. The predicted octanol–water partition coefficient (Wildman–Crippen LogP) is 0.975. The molecule has 2 nitrogen and oxygen atoms in total. The summed E-state index contributed by atoms with van der Waals surface area (Å²) in [4.78, 5) is 10.6. The van der Waals surface area contributed by atoms with E-state index in [-0.39, 0.29) is 17.3 Å². The monoisotopic (exact) mass is 167 g/mol. The molecule has 1 saturated carbocycles. The topological polar surface area (TPSA) is 40.1 Å². The molecule has 0 aromatic rings. The zero-order valence-electron chi connectivity index (χ0n) is 8.05. The first kappa shape index (κ1) is 9.30. The van der Waals surface area contributed by atoms with Crippen LogP contribution >= 0.6 is 0 Å². The Morgan fingerprint density at radius 1 is 1.42 bits per heavy atom. The van der Waals surface area contributed by atoms with E-state index in [1.807, 2.05) is 33.8 Å². The van der Waals surface area contributed by atoms with Crippen molar-refractivity contribution in [3.05, 3.63) is 11.6 Å². The van der Waals surface area contributed by atoms with Crippen LogP contribution in [0, 0.1) is 17.3 Å². The molecular weight excluding hydrogens is 152 g/mol. The molecule has 0 aromatic heterocycles. The van der Waals surface area contributed by atoms with Gasteiger partial charge in [0.1, 0.15) is 0 Å². The molecule has 0 aromatic carbocycles. The lowest BCUT2D eigenvalue weighted by molar-refractivity contribution is -0.308. The van der Waals surface area contributed by atoms with E-state index in [1.54, 1.807) is 0 Å². The van der Waals surface area contributed by atoms with Gasteiger partial charge in [0.2, 0.25) is 0 Å². The molecular formula is C10H15O2-. The van der Waals surface area contributed by atoms with Crippen LogP contribution < -0.4 is 5.11 Å². The van der Waals surface area contributed by atoms with Gasteiger partial charge in [-0.2, -0.15) is 0 Å². The van der Waals surface area contributed by atoms with Crippen molar-refractivity contribution >= 4 is 5.97 Å². The van der Waals surface area contributed by atoms with E-state index in [1.165, 1.54) is 5.57 Å². The van der Waals surface area contributed by atoms with Gasteiger partial charge in [0, 0.05) is 11.9 Å². The SMILES string of the molecule is CC(C)=C[C@H]1[C@@H](C(=O)[O-])C1(C)C. The van der Waals surface area contributed by atoms with Crippen molar-refractivity contribution in [1.82, 2.24) is 0 Å². The van der Waals surface area contributed by atoms with Crippen molar-refractivity contribution < 1.29 is 9.90 Å². The molecule has 0 amide bonds. The maximum Gasteiger partial charge on any atom is 0.0456 e. The van der Waals surface area contributed by atoms with Crippen molar-refractivity contribution in [2.75, 3.05) is 0 Å². The Morgan fingerprint density at radius 2 is 1.92 bits per heavy atom. The van der Waals surface area contributed by atoms with E-state index < -0.39 is 5.97 Å². The van der Waals surface area contributed by atoms with E-state index >= 15 is 0 Å². The zero-order chi connectivity index (χ0) is 9.52. The summed E-state index contributed by atoms with van der Waals surface area (Å²) < 4.78 is 0. The lowest BCUT2D eigenvalue weighted by Crippen LogP contribution is -2.26. The third kappa shape index (κ3) is 1.38. The highest BCUT2D eigenvalue weighted by Gasteiger charge is 2.56. The van der Waals surface area contributed by atoms with Crippen LogP contribution in [0.15, 0.2) is 11.6 Å². The molecule has 0 unspecified atom stereocenters. The summed E-state index contributed by atoms with van der Waals surface area (Å²) in [5, 5.41) is 10.6. The highest BCUT2D eigenvalue weighted by molar-refractivity contribution is 5.74. The fourth-order valence-corrected chi connectivity index (χ4v) is 1.80. The first-order valence-electron chi connectivity index (χ1n) is 4.23. The molecule has 0 aliphatic heterocycles. The van der Waals surface area contributed by atoms with E-state index in [0.717, 1.165) is 0 Å². The predicted molar refractivity (Wildman–Crippen MR) is 45.2 cm³/mol. The van der Waals surface area contributed by atoms with Crippen molar-refractivity contribution in [3.8, 4) is 0 Å². The summed E-state index contributed by atoms with van der Waals surface area (Å²) in [7, 11) is 0. The third-order valence-electron chi connectivity index (χ3n) is 2.68. The summed E-state index contributed by atoms with van der Waals surface area (Å²) in [6.45, 7) is 7.91. The van der Waals surface area contributed by atoms with Gasteiger partial charge in [-0.15, -0.1) is 0 Å². The van der Waals surface area contributed by atoms with Gasteiger partial charge in [0.05, 0.1) is 0 Å². The molecule has 1 rings (SSSR count). The van der Waals surface area contributed by atoms with Crippen molar-refractivity contribution in [2.45, 2.75) is 27.7 Å². The van der Waals surface area contributed by atoms with Crippen LogP contribution in [0.4, 0.5) is 0 Å². The molecule has 0 saturated heterocycles. The van der Waals surface area contributed by atoms with Crippen LogP contribution in [0.2, 0.25) is 0 Å². The van der Waals surface area contributed by atoms with Gasteiger partial charge >= 0.3 is 0 Å². The number of carbonyl (C=O) groups excluding carboxylic acids is 1. The van der Waals surface area contributed by atoms with E-state index in [9.17, 15) is 9.90 Å². The van der Waals surface area contributed by atoms with Gasteiger partial charge in [-0.3, -0.25) is 0 Å². The Bertz CT molecular complexity index is 234. The molecule has 0 N–H and O–H groups in total. The molecule has 68 valence electrons. The minimum atomic E-state index is -0.914. The first-order valence-corrected chi connectivity index (χ1v) is 4.23. The maximum absolute atomic E-state index is 10.6. The highest BCUT2D eigenvalue weighted by atomic mass is 16.4. The van der Waals surface area contributed by atoms with Crippen LogP contribution in [-0.4, -0.2) is 5.97 Å². The third-order valence-corrected chi connectivity index (χ3v) is 2.68. The molecule has 2 atom stereocenters. The quantitative estimate of drug-likeness (QED) is 0.575. The Morgan fingerprint density at radius 3 is 2.17 bits per heavy atom. The van der Waals surface area contributed by atoms with Gasteiger partial charge in [-0.1, -0.05) is 25.5 Å². The number of aliphatic carboxylic acids is 1. The van der Waals surface area contributed by atoms with E-state index in [4.69, 9.17) is 0 Å². The van der Waals surface area contributed by atoms with Gasteiger partial charge in [0.25, 0.3) is 0 Å². The van der Waals surface area contributed by atoms with Crippen LogP contribution in [0.1, 0.15) is 27.7 Å². The molecule has 1 fully saturated rings. The summed E-state index contributed by atoms with van der Waals surface area (Å²) in [6.07, 6.45) is 2.03. The number of hydrogen-bond donors (Lipinski definition) is 0. The molecule has 1 aliphatic rings. The van der Waals surface area contributed by atoms with Gasteiger partial charge in [0.15, 0.2) is 0 Å². The van der Waals surface area contributed by atoms with Crippen LogP contribution in [-0.2, 0) is 4.79 Å². The van der Waals surface area contributed by atoms with Gasteiger partial charge in [-0.25, -0.2) is 0 Å². The zero-order valence-corrected chi connectivity index (χ0v) is 8.05. The van der Waals surface area contributed by atoms with Crippen molar-refractivity contribution in [1.29, 1.82) is 0 Å². The lowest BCUT2D eigenvalue weighted by atomic mass is 10.1. The number of carboxylic acids is 1. The second kappa shape index (κ2) is 2.61. The normalized spacial score (nSPS) is 31.0. The second-order valence-electron chi connectivity index (χ2n) is 4.39. The summed E-state index contributed by atoms with van der Waals surface area (Å²) in [6, 6.07) is 0. The van der Waals surface area contributed by atoms with Gasteiger partial charge in [-0.05, 0) is 25.2 Å². The summed E-state index contributed by atoms with van der Waals surface area (Å²) >= 11 is 0. The summed E-state index contributed by atoms with van der Waals surface area (Å²) in [5.74, 6) is -1.03. The van der Waals surface area contributed by atoms with Gasteiger partial charge < -0.3 is 9.90 Å². The average molecular weight is 167 g/mol. The molecule has 1 aliphatic carbocycles. The number of hydrogen-bond acceptors (Lipinski definition) is 2. The van der Waals surface area contributed by atoms with Crippen molar-refractivity contribution in [3.63, 3.8) is 0 Å². The molecule has 0 bridgehead atoms. The largest absolute Gasteiger partial charge is 0.550 e. The Labute approximate surface area is 73.3 Å². The number of allylic oxidation sites excluding steroid dienone is 2. The smallest absolute Gasteiger partial charge is 0.0456 e. The Hall–Kier alpha value is -0.790. The minimum absolute atomic E-state index is 0.101. The molecule has 2 heteroatoms. The Balaban J connectivity index is 2.73. The number of carboxylic acid groups (broad SMARTS) is 1. The van der Waals surface area contributed by atoms with Crippen LogP contribution in [0.25, 0.3) is 0 Å². The van der Waals surface area contributed by atoms with Crippen LogP contribution in [0.5, 0.6) is 0 Å². The summed E-state index contributed by atoms with van der Waals surface area (Å²) in [5.41, 5.74) is 1.08. The van der Waals surface area contributed by atoms with Crippen LogP contribution in [0.3, 0.4) is 0 Å². The second-order valence-corrected chi connectivity index (χ2v) is 4.39. The van der Waals surface area contributed by atoms with E-state index in [0.29, 0.717) is 0 Å². The average Bonchev–Trinajstić information content (AvgIpc) is 2.32. The maximum atomic E-state index is 10.6. The van der Waals surface area contributed by atoms with Crippen molar-refractivity contribution in [2.24, 2.45) is 17.3 Å². The molecule has 12 heavy (non-hydrogen) atoms. The lowest BCUT2D eigenvalue weighted by Gasteiger charge is -2.01. The highest BCUT2D eigenvalue weighted by Crippen LogP contribution is 2.58. The number of rotatable bonds is 2. The number of carbonyl (C=O) groups is 1. The van der Waals surface area contributed by atoms with E-state index in [2.05, 4.69) is 0 Å². The minimum Gasteiger partial charge on any atom is -0.550 e. The molecule has 0 heterocycles. The first-order chi connectivity index (χ1) is 5.37. The standard InChI is InChI=1S/C10H16O2/c1-6(2)5-7-8(9(11)12)10(7,3)4/h5,7-8H,1-4H3,(H,11,12)/p-1/t7-,8-/m0/s1. The molecule has 0 spiro atoms. The fourth-order valence-electron chi connectivity index (χ4n) is 1.80. The molecule has 0 radical (unpaired) electrons. The fraction of sp³-hybridized carbons (Fsp3) is 0.700.